The number of aromatic nitrogens is 1. The lowest BCUT2D eigenvalue weighted by atomic mass is 9.78. The molecule has 168 valence electrons. The number of carbonyl (C=O) groups excluding carboxylic acids is 1. The van der Waals surface area contributed by atoms with Crippen LogP contribution in [0, 0.1) is 16.6 Å². The number of carbonyl (C=O) groups is 1. The molecular weight excluding hydrogens is 399 g/mol. The average molecular weight is 431 g/mol. The minimum Gasteiger partial charge on any atom is -0.450 e. The Labute approximate surface area is 182 Å². The van der Waals surface area contributed by atoms with E-state index in [0.717, 1.165) is 64.7 Å². The van der Waals surface area contributed by atoms with Crippen LogP contribution in [0.5, 0.6) is 0 Å². The Morgan fingerprint density at radius 3 is 2.77 bits per heavy atom. The van der Waals surface area contributed by atoms with Crippen molar-refractivity contribution >= 4 is 23.7 Å². The Morgan fingerprint density at radius 1 is 1.39 bits per heavy atom. The molecule has 3 heterocycles. The SMILES string of the molecule is CCOC(=O)N1CC2(CC[C@@H](N3CCN(c4ncc(F)cc4/C(C=N)=C/N)CC3)C2)C1. The zero-order valence-electron chi connectivity index (χ0n) is 18.0. The Morgan fingerprint density at radius 2 is 2.13 bits per heavy atom. The number of nitrogens with two attached hydrogens (primary N) is 1. The highest BCUT2D eigenvalue weighted by Crippen LogP contribution is 2.47. The summed E-state index contributed by atoms with van der Waals surface area (Å²) in [5.74, 6) is 0.236. The summed E-state index contributed by atoms with van der Waals surface area (Å²) >= 11 is 0. The Kier molecular flexibility index (Phi) is 6.13. The van der Waals surface area contributed by atoms with Crippen LogP contribution >= 0.6 is 0 Å². The molecule has 1 aromatic heterocycles. The molecule has 3 aliphatic rings. The highest BCUT2D eigenvalue weighted by Gasteiger charge is 2.51. The molecular formula is C22H31FN6O2. The fourth-order valence-electron chi connectivity index (χ4n) is 5.29. The molecule has 1 amide bonds. The van der Waals surface area contributed by atoms with Gasteiger partial charge in [0, 0.05) is 74.3 Å². The first kappa shape index (κ1) is 21.5. The molecule has 1 spiro atoms. The van der Waals surface area contributed by atoms with E-state index in [0.29, 0.717) is 29.6 Å². The predicted molar refractivity (Wildman–Crippen MR) is 118 cm³/mol. The molecule has 1 saturated carbocycles. The molecule has 1 atom stereocenters. The van der Waals surface area contributed by atoms with Crippen molar-refractivity contribution < 1.29 is 13.9 Å². The largest absolute Gasteiger partial charge is 0.450 e. The van der Waals surface area contributed by atoms with Crippen molar-refractivity contribution in [1.29, 1.82) is 5.41 Å². The van der Waals surface area contributed by atoms with E-state index in [2.05, 4.69) is 14.8 Å². The standard InChI is InChI=1S/C22H31FN6O2/c1-2-31-21(30)29-14-22(15-29)4-3-18(10-22)27-5-7-28(8-6-27)20-19(16(11-24)12-25)9-17(23)13-26-20/h9,11-13,18,24H,2-8,10,14-15,25H2,1H3/b16-12+,24-11?/t18-/m1/s1. The molecule has 3 N–H and O–H groups in total. The molecule has 3 fully saturated rings. The maximum absolute atomic E-state index is 13.8. The molecule has 2 aliphatic heterocycles. The van der Waals surface area contributed by atoms with E-state index in [1.54, 1.807) is 0 Å². The van der Waals surface area contributed by atoms with Gasteiger partial charge in [-0.05, 0) is 32.3 Å². The first-order chi connectivity index (χ1) is 15.0. The van der Waals surface area contributed by atoms with Gasteiger partial charge < -0.3 is 25.7 Å². The van der Waals surface area contributed by atoms with Gasteiger partial charge in [0.2, 0.25) is 0 Å². The molecule has 4 rings (SSSR count). The second-order valence-electron chi connectivity index (χ2n) is 8.77. The summed E-state index contributed by atoms with van der Waals surface area (Å²) in [6.07, 6.45) is 6.91. The smallest absolute Gasteiger partial charge is 0.409 e. The molecule has 31 heavy (non-hydrogen) atoms. The van der Waals surface area contributed by atoms with Gasteiger partial charge in [0.1, 0.15) is 11.6 Å². The summed E-state index contributed by atoms with van der Waals surface area (Å²) in [5, 5.41) is 7.57. The van der Waals surface area contributed by atoms with Crippen LogP contribution in [-0.2, 0) is 4.74 Å². The van der Waals surface area contributed by atoms with Crippen molar-refractivity contribution in [3.05, 3.63) is 29.8 Å². The van der Waals surface area contributed by atoms with E-state index in [1.165, 1.54) is 18.5 Å². The summed E-state index contributed by atoms with van der Waals surface area (Å²) in [5.41, 5.74) is 6.90. The summed E-state index contributed by atoms with van der Waals surface area (Å²) in [7, 11) is 0. The molecule has 1 aliphatic carbocycles. The van der Waals surface area contributed by atoms with E-state index in [1.807, 2.05) is 11.8 Å². The fraction of sp³-hybridized carbons (Fsp3) is 0.591. The van der Waals surface area contributed by atoms with Crippen molar-refractivity contribution in [2.24, 2.45) is 11.1 Å². The number of amides is 1. The second-order valence-corrected chi connectivity index (χ2v) is 8.77. The third-order valence-corrected chi connectivity index (χ3v) is 6.86. The number of anilines is 1. The van der Waals surface area contributed by atoms with Crippen LogP contribution in [0.25, 0.3) is 5.57 Å². The number of hydrogen-bond acceptors (Lipinski definition) is 7. The number of halogens is 1. The van der Waals surface area contributed by atoms with Crippen LogP contribution in [0.15, 0.2) is 18.5 Å². The van der Waals surface area contributed by atoms with Crippen LogP contribution in [0.4, 0.5) is 15.0 Å². The quantitative estimate of drug-likeness (QED) is 0.696. The van der Waals surface area contributed by atoms with Crippen molar-refractivity contribution in [2.75, 3.05) is 50.8 Å². The number of pyridine rings is 1. The van der Waals surface area contributed by atoms with Gasteiger partial charge in [-0.1, -0.05) is 0 Å². The monoisotopic (exact) mass is 430 g/mol. The zero-order chi connectivity index (χ0) is 22.0. The van der Waals surface area contributed by atoms with Crippen molar-refractivity contribution in [3.8, 4) is 0 Å². The van der Waals surface area contributed by atoms with Crippen LogP contribution in [0.2, 0.25) is 0 Å². The number of hydrogen-bond donors (Lipinski definition) is 2. The van der Waals surface area contributed by atoms with Crippen molar-refractivity contribution in [3.63, 3.8) is 0 Å². The third-order valence-electron chi connectivity index (χ3n) is 6.86. The van der Waals surface area contributed by atoms with Gasteiger partial charge in [-0.15, -0.1) is 0 Å². The molecule has 8 nitrogen and oxygen atoms in total. The van der Waals surface area contributed by atoms with Crippen molar-refractivity contribution in [1.82, 2.24) is 14.8 Å². The van der Waals surface area contributed by atoms with Gasteiger partial charge in [0.25, 0.3) is 0 Å². The van der Waals surface area contributed by atoms with Gasteiger partial charge >= 0.3 is 6.09 Å². The molecule has 0 bridgehead atoms. The highest BCUT2D eigenvalue weighted by molar-refractivity contribution is 6.10. The van der Waals surface area contributed by atoms with E-state index >= 15 is 0 Å². The molecule has 0 radical (unpaired) electrons. The number of rotatable bonds is 5. The van der Waals surface area contributed by atoms with Gasteiger partial charge in [-0.2, -0.15) is 0 Å². The number of ether oxygens (including phenoxy) is 1. The van der Waals surface area contributed by atoms with E-state index < -0.39 is 5.82 Å². The van der Waals surface area contributed by atoms with E-state index in [-0.39, 0.29) is 11.5 Å². The van der Waals surface area contributed by atoms with E-state index in [9.17, 15) is 9.18 Å². The Bertz CT molecular complexity index is 862. The maximum Gasteiger partial charge on any atom is 0.409 e. The topological polar surface area (TPSA) is 98.8 Å². The molecule has 0 unspecified atom stereocenters. The number of nitrogens with one attached hydrogen (secondary N) is 1. The minimum atomic E-state index is -0.438. The lowest BCUT2D eigenvalue weighted by molar-refractivity contribution is -0.00294. The Balaban J connectivity index is 1.34. The van der Waals surface area contributed by atoms with Crippen LogP contribution in [-0.4, -0.2) is 79.0 Å². The molecule has 0 aromatic carbocycles. The van der Waals surface area contributed by atoms with Crippen molar-refractivity contribution in [2.45, 2.75) is 32.2 Å². The summed E-state index contributed by atoms with van der Waals surface area (Å²) < 4.78 is 18.9. The number of likely N-dealkylation sites (tertiary alicyclic amines) is 1. The summed E-state index contributed by atoms with van der Waals surface area (Å²) in [6, 6.07) is 1.93. The molecule has 9 heteroatoms. The number of allylic oxidation sites excluding steroid dienone is 1. The van der Waals surface area contributed by atoms with Gasteiger partial charge in [-0.25, -0.2) is 14.2 Å². The third kappa shape index (κ3) is 4.23. The zero-order valence-corrected chi connectivity index (χ0v) is 18.0. The normalized spacial score (nSPS) is 23.7. The fourth-order valence-corrected chi connectivity index (χ4v) is 5.29. The number of piperazine rings is 1. The second kappa shape index (κ2) is 8.82. The lowest BCUT2D eigenvalue weighted by Crippen LogP contribution is -2.58. The van der Waals surface area contributed by atoms with Gasteiger partial charge in [-0.3, -0.25) is 4.90 Å². The van der Waals surface area contributed by atoms with Crippen LogP contribution in [0.1, 0.15) is 31.7 Å². The van der Waals surface area contributed by atoms with Gasteiger partial charge in [0.15, 0.2) is 0 Å². The maximum atomic E-state index is 13.8. The van der Waals surface area contributed by atoms with Crippen LogP contribution < -0.4 is 10.6 Å². The van der Waals surface area contributed by atoms with E-state index in [4.69, 9.17) is 15.9 Å². The van der Waals surface area contributed by atoms with Crippen LogP contribution in [0.3, 0.4) is 0 Å². The highest BCUT2D eigenvalue weighted by atomic mass is 19.1. The first-order valence-corrected chi connectivity index (χ1v) is 11.0. The minimum absolute atomic E-state index is 0.191. The number of nitrogens with zero attached hydrogens (tertiary/aromatic N) is 4. The van der Waals surface area contributed by atoms with Gasteiger partial charge in [0.05, 0.1) is 12.8 Å². The Hall–Kier alpha value is -2.68. The molecule has 1 aromatic rings. The first-order valence-electron chi connectivity index (χ1n) is 11.0. The average Bonchev–Trinajstić information content (AvgIpc) is 3.20. The molecule has 2 saturated heterocycles. The predicted octanol–water partition coefficient (Wildman–Crippen LogP) is 2.30. The lowest BCUT2D eigenvalue weighted by Gasteiger charge is -2.48. The summed E-state index contributed by atoms with van der Waals surface area (Å²) in [6.45, 7) is 7.27. The summed E-state index contributed by atoms with van der Waals surface area (Å²) in [4.78, 5) is 22.7.